The average molecular weight is 276 g/mol. The lowest BCUT2D eigenvalue weighted by molar-refractivity contribution is 0.187. The van der Waals surface area contributed by atoms with Gasteiger partial charge in [0.1, 0.15) is 5.82 Å². The maximum atomic E-state index is 13.6. The van der Waals surface area contributed by atoms with Crippen molar-refractivity contribution in [2.24, 2.45) is 5.92 Å². The van der Waals surface area contributed by atoms with E-state index in [1.807, 2.05) is 0 Å². The fraction of sp³-hybridized carbons (Fsp3) is 0.538. The van der Waals surface area contributed by atoms with Crippen molar-refractivity contribution in [2.45, 2.75) is 25.3 Å². The number of likely N-dealkylation sites (tertiary alicyclic amines) is 1. The molecule has 0 N–H and O–H groups in total. The van der Waals surface area contributed by atoms with Gasteiger partial charge in [0.25, 0.3) is 0 Å². The van der Waals surface area contributed by atoms with Crippen LogP contribution < -0.4 is 0 Å². The summed E-state index contributed by atoms with van der Waals surface area (Å²) >= 11 is 12.0. The molecule has 0 aliphatic carbocycles. The smallest absolute Gasteiger partial charge is 0.129 e. The van der Waals surface area contributed by atoms with Crippen LogP contribution >= 0.6 is 23.2 Å². The third kappa shape index (κ3) is 3.34. The molecular weight excluding hydrogens is 260 g/mol. The van der Waals surface area contributed by atoms with E-state index in [4.69, 9.17) is 23.2 Å². The Bertz CT molecular complexity index is 397. The van der Waals surface area contributed by atoms with Crippen molar-refractivity contribution >= 4 is 23.2 Å². The zero-order valence-electron chi connectivity index (χ0n) is 9.80. The van der Waals surface area contributed by atoms with Crippen LogP contribution in [0.15, 0.2) is 18.2 Å². The maximum absolute atomic E-state index is 13.6. The molecule has 2 rings (SSSR count). The van der Waals surface area contributed by atoms with E-state index in [1.165, 1.54) is 6.07 Å². The van der Waals surface area contributed by atoms with Crippen LogP contribution in [-0.4, -0.2) is 23.4 Å². The van der Waals surface area contributed by atoms with E-state index in [2.05, 4.69) is 11.8 Å². The van der Waals surface area contributed by atoms with Crippen LogP contribution in [0, 0.1) is 11.7 Å². The molecule has 4 heteroatoms. The van der Waals surface area contributed by atoms with Crippen molar-refractivity contribution in [3.8, 4) is 0 Å². The normalized spacial score (nSPS) is 26.1. The number of halogens is 3. The van der Waals surface area contributed by atoms with Crippen molar-refractivity contribution in [3.05, 3.63) is 34.6 Å². The monoisotopic (exact) mass is 275 g/mol. The summed E-state index contributed by atoms with van der Waals surface area (Å²) in [5.74, 6) is 0.310. The predicted octanol–water partition coefficient (Wildman–Crippen LogP) is 3.93. The zero-order valence-corrected chi connectivity index (χ0v) is 11.3. The standard InChI is InChI=1S/C13H16Cl2FN/c1-9-4-5-17(8-12(9)15)7-10-2-3-11(14)6-13(10)16/h2-3,6,9,12H,4-5,7-8H2,1H3. The Labute approximate surface area is 112 Å². The molecule has 2 atom stereocenters. The van der Waals surface area contributed by atoms with E-state index in [-0.39, 0.29) is 11.2 Å². The highest BCUT2D eigenvalue weighted by atomic mass is 35.5. The predicted molar refractivity (Wildman–Crippen MR) is 70.1 cm³/mol. The van der Waals surface area contributed by atoms with Gasteiger partial charge in [-0.25, -0.2) is 4.39 Å². The van der Waals surface area contributed by atoms with Gasteiger partial charge >= 0.3 is 0 Å². The van der Waals surface area contributed by atoms with Crippen LogP contribution in [0.25, 0.3) is 0 Å². The Morgan fingerprint density at radius 1 is 1.47 bits per heavy atom. The van der Waals surface area contributed by atoms with Gasteiger partial charge in [0.2, 0.25) is 0 Å². The van der Waals surface area contributed by atoms with Crippen LogP contribution in [0.2, 0.25) is 5.02 Å². The van der Waals surface area contributed by atoms with Gasteiger partial charge in [0.15, 0.2) is 0 Å². The van der Waals surface area contributed by atoms with Crippen molar-refractivity contribution in [1.29, 1.82) is 0 Å². The Balaban J connectivity index is 2.01. The Kier molecular flexibility index (Phi) is 4.29. The first kappa shape index (κ1) is 13.1. The summed E-state index contributed by atoms with van der Waals surface area (Å²) in [6.45, 7) is 4.58. The fourth-order valence-electron chi connectivity index (χ4n) is 2.12. The Morgan fingerprint density at radius 2 is 2.24 bits per heavy atom. The van der Waals surface area contributed by atoms with Crippen LogP contribution in [0.1, 0.15) is 18.9 Å². The molecule has 0 amide bonds. The van der Waals surface area contributed by atoms with Crippen LogP contribution in [0.3, 0.4) is 0 Å². The summed E-state index contributed by atoms with van der Waals surface area (Å²) in [6, 6.07) is 4.84. The first-order valence-corrected chi connectivity index (χ1v) is 6.68. The lowest BCUT2D eigenvalue weighted by atomic mass is 9.98. The minimum atomic E-state index is -0.234. The lowest BCUT2D eigenvalue weighted by Gasteiger charge is -2.34. The highest BCUT2D eigenvalue weighted by molar-refractivity contribution is 6.30. The highest BCUT2D eigenvalue weighted by Gasteiger charge is 2.24. The Hall–Kier alpha value is -0.310. The number of rotatable bonds is 2. The minimum absolute atomic E-state index is 0.166. The average Bonchev–Trinajstić information content (AvgIpc) is 2.27. The summed E-state index contributed by atoms with van der Waals surface area (Å²) in [4.78, 5) is 2.20. The van der Waals surface area contributed by atoms with E-state index in [0.29, 0.717) is 23.0 Å². The minimum Gasteiger partial charge on any atom is -0.297 e. The molecule has 94 valence electrons. The molecule has 1 fully saturated rings. The van der Waals surface area contributed by atoms with Gasteiger partial charge in [-0.05, 0) is 31.0 Å². The summed E-state index contributed by atoms with van der Waals surface area (Å²) in [5.41, 5.74) is 0.688. The number of benzene rings is 1. The van der Waals surface area contributed by atoms with Crippen molar-refractivity contribution in [2.75, 3.05) is 13.1 Å². The summed E-state index contributed by atoms with van der Waals surface area (Å²) in [5, 5.41) is 0.604. The summed E-state index contributed by atoms with van der Waals surface area (Å²) < 4.78 is 13.6. The second kappa shape index (κ2) is 5.55. The number of hydrogen-bond donors (Lipinski definition) is 0. The molecule has 17 heavy (non-hydrogen) atoms. The lowest BCUT2D eigenvalue weighted by Crippen LogP contribution is -2.39. The molecule has 1 saturated heterocycles. The topological polar surface area (TPSA) is 3.24 Å². The third-order valence-corrected chi connectivity index (χ3v) is 4.16. The summed E-state index contributed by atoms with van der Waals surface area (Å²) in [6.07, 6.45) is 1.07. The maximum Gasteiger partial charge on any atom is 0.129 e. The van der Waals surface area contributed by atoms with Gasteiger partial charge < -0.3 is 0 Å². The second-order valence-electron chi connectivity index (χ2n) is 4.75. The number of hydrogen-bond acceptors (Lipinski definition) is 1. The molecule has 0 aromatic heterocycles. The van der Waals surface area contributed by atoms with Crippen molar-refractivity contribution in [3.63, 3.8) is 0 Å². The van der Waals surface area contributed by atoms with Gasteiger partial charge in [-0.15, -0.1) is 11.6 Å². The first-order chi connectivity index (χ1) is 8.06. The van der Waals surface area contributed by atoms with Gasteiger partial charge in [0, 0.05) is 29.1 Å². The molecule has 1 nitrogen and oxygen atoms in total. The second-order valence-corrected chi connectivity index (χ2v) is 5.75. The van der Waals surface area contributed by atoms with Gasteiger partial charge in [0.05, 0.1) is 0 Å². The molecule has 2 unspecified atom stereocenters. The molecule has 0 bridgehead atoms. The fourth-order valence-corrected chi connectivity index (χ4v) is 2.60. The molecule has 0 saturated carbocycles. The number of nitrogens with zero attached hydrogens (tertiary/aromatic N) is 1. The van der Waals surface area contributed by atoms with E-state index in [1.54, 1.807) is 12.1 Å². The summed E-state index contributed by atoms with van der Waals surface area (Å²) in [7, 11) is 0. The largest absolute Gasteiger partial charge is 0.297 e. The molecule has 1 heterocycles. The van der Waals surface area contributed by atoms with Gasteiger partial charge in [-0.2, -0.15) is 0 Å². The van der Waals surface area contributed by atoms with Gasteiger partial charge in [-0.1, -0.05) is 24.6 Å². The third-order valence-electron chi connectivity index (χ3n) is 3.36. The molecular formula is C13H16Cl2FN. The van der Waals surface area contributed by atoms with E-state index >= 15 is 0 Å². The molecule has 1 aromatic rings. The molecule has 1 aliphatic rings. The number of piperidine rings is 1. The van der Waals surface area contributed by atoms with E-state index < -0.39 is 0 Å². The SMILES string of the molecule is CC1CCN(Cc2ccc(Cl)cc2F)CC1Cl. The molecule has 1 aliphatic heterocycles. The van der Waals surface area contributed by atoms with E-state index in [9.17, 15) is 4.39 Å². The quantitative estimate of drug-likeness (QED) is 0.740. The molecule has 0 radical (unpaired) electrons. The first-order valence-electron chi connectivity index (χ1n) is 5.86. The molecule has 1 aromatic carbocycles. The van der Waals surface area contributed by atoms with Crippen LogP contribution in [0.4, 0.5) is 4.39 Å². The Morgan fingerprint density at radius 3 is 2.88 bits per heavy atom. The van der Waals surface area contributed by atoms with E-state index in [0.717, 1.165) is 19.5 Å². The van der Waals surface area contributed by atoms with Gasteiger partial charge in [-0.3, -0.25) is 4.90 Å². The highest BCUT2D eigenvalue weighted by Crippen LogP contribution is 2.24. The molecule has 0 spiro atoms. The van der Waals surface area contributed by atoms with Crippen molar-refractivity contribution in [1.82, 2.24) is 4.90 Å². The van der Waals surface area contributed by atoms with Crippen LogP contribution in [0.5, 0.6) is 0 Å². The number of alkyl halides is 1. The van der Waals surface area contributed by atoms with Crippen LogP contribution in [-0.2, 0) is 6.54 Å². The zero-order chi connectivity index (χ0) is 12.4. The van der Waals surface area contributed by atoms with Crippen molar-refractivity contribution < 1.29 is 4.39 Å².